The molecule has 20 heavy (non-hydrogen) atoms. The largest absolute Gasteiger partial charge is 0.383 e. The predicted molar refractivity (Wildman–Crippen MR) is 72.0 cm³/mol. The number of nitrogens with two attached hydrogens (primary N) is 1. The fourth-order valence-corrected chi connectivity index (χ4v) is 2.57. The summed E-state index contributed by atoms with van der Waals surface area (Å²) in [6.45, 7) is 0.745. The number of benzene rings is 1. The van der Waals surface area contributed by atoms with Crippen molar-refractivity contribution in [3.63, 3.8) is 0 Å². The molecule has 108 valence electrons. The summed E-state index contributed by atoms with van der Waals surface area (Å²) in [4.78, 5) is 24.2. The number of hydrogen-bond donors (Lipinski definition) is 1. The molecule has 2 rings (SSSR count). The quantitative estimate of drug-likeness (QED) is 0.636. The molecule has 0 bridgehead atoms. The smallest absolute Gasteiger partial charge is 0.274 e. The molecule has 7 heteroatoms. The molecule has 0 aromatic heterocycles. The maximum atomic E-state index is 12.0. The van der Waals surface area contributed by atoms with Gasteiger partial charge in [-0.3, -0.25) is 14.9 Å². The predicted octanol–water partition coefficient (Wildman–Crippen LogP) is 0.842. The average Bonchev–Trinajstić information content (AvgIpc) is 2.70. The second-order valence-corrected chi connectivity index (χ2v) is 4.71. The zero-order valence-corrected chi connectivity index (χ0v) is 11.2. The maximum Gasteiger partial charge on any atom is 0.274 e. The summed E-state index contributed by atoms with van der Waals surface area (Å²) in [5.41, 5.74) is 6.48. The summed E-state index contributed by atoms with van der Waals surface area (Å²) in [6, 6.07) is 5.48. The number of likely N-dealkylation sites (tertiary alicyclic amines) is 1. The molecule has 1 aromatic rings. The van der Waals surface area contributed by atoms with E-state index in [2.05, 4.69) is 0 Å². The standard InChI is InChI=1S/C13H17N3O4/c1-20-7-6-15-12(17)8-10(14)13(15)9-4-2-3-5-11(9)16(18)19/h2-5,10,13H,6-8,14H2,1H3. The lowest BCUT2D eigenvalue weighted by atomic mass is 9.99. The van der Waals surface area contributed by atoms with Gasteiger partial charge in [0, 0.05) is 32.2 Å². The number of methoxy groups -OCH3 is 1. The van der Waals surface area contributed by atoms with Crippen molar-refractivity contribution >= 4 is 11.6 Å². The van der Waals surface area contributed by atoms with Crippen LogP contribution in [0.1, 0.15) is 18.0 Å². The van der Waals surface area contributed by atoms with Crippen LogP contribution in [0.25, 0.3) is 0 Å². The fraction of sp³-hybridized carbons (Fsp3) is 0.462. The molecule has 1 aromatic carbocycles. The molecule has 2 N–H and O–H groups in total. The van der Waals surface area contributed by atoms with Crippen LogP contribution in [0.15, 0.2) is 24.3 Å². The van der Waals surface area contributed by atoms with E-state index >= 15 is 0 Å². The number of para-hydroxylation sites is 1. The van der Waals surface area contributed by atoms with Gasteiger partial charge in [0.05, 0.1) is 23.1 Å². The van der Waals surface area contributed by atoms with Crippen LogP contribution in [0, 0.1) is 10.1 Å². The fourth-order valence-electron chi connectivity index (χ4n) is 2.57. The van der Waals surface area contributed by atoms with Gasteiger partial charge >= 0.3 is 0 Å². The first-order valence-electron chi connectivity index (χ1n) is 6.33. The molecule has 1 amide bonds. The molecule has 0 spiro atoms. The van der Waals surface area contributed by atoms with Crippen molar-refractivity contribution in [2.24, 2.45) is 5.73 Å². The van der Waals surface area contributed by atoms with Gasteiger partial charge in [-0.05, 0) is 0 Å². The number of nitro groups is 1. The van der Waals surface area contributed by atoms with Gasteiger partial charge in [-0.2, -0.15) is 0 Å². The van der Waals surface area contributed by atoms with E-state index in [9.17, 15) is 14.9 Å². The van der Waals surface area contributed by atoms with Crippen molar-refractivity contribution in [1.82, 2.24) is 4.90 Å². The lowest BCUT2D eigenvalue weighted by molar-refractivity contribution is -0.386. The van der Waals surface area contributed by atoms with Crippen molar-refractivity contribution in [2.75, 3.05) is 20.3 Å². The Morgan fingerprint density at radius 2 is 2.20 bits per heavy atom. The van der Waals surface area contributed by atoms with E-state index in [1.807, 2.05) is 0 Å². The van der Waals surface area contributed by atoms with Gasteiger partial charge in [0.2, 0.25) is 5.91 Å². The van der Waals surface area contributed by atoms with Crippen LogP contribution in [0.3, 0.4) is 0 Å². The van der Waals surface area contributed by atoms with Gasteiger partial charge in [0.25, 0.3) is 5.69 Å². The topological polar surface area (TPSA) is 98.7 Å². The second kappa shape index (κ2) is 5.98. The van der Waals surface area contributed by atoms with Crippen LogP contribution in [-0.4, -0.2) is 42.0 Å². The Bertz CT molecular complexity index is 520. The number of nitrogens with zero attached hydrogens (tertiary/aromatic N) is 2. The Balaban J connectivity index is 2.38. The number of rotatable bonds is 5. The highest BCUT2D eigenvalue weighted by molar-refractivity contribution is 5.80. The van der Waals surface area contributed by atoms with Crippen LogP contribution in [0.5, 0.6) is 0 Å². The van der Waals surface area contributed by atoms with Gasteiger partial charge in [0.15, 0.2) is 0 Å². The maximum absolute atomic E-state index is 12.0. The number of amides is 1. The van der Waals surface area contributed by atoms with E-state index in [0.717, 1.165) is 0 Å². The Hall–Kier alpha value is -1.99. The zero-order chi connectivity index (χ0) is 14.7. The second-order valence-electron chi connectivity index (χ2n) is 4.71. The highest BCUT2D eigenvalue weighted by Crippen LogP contribution is 2.36. The Kier molecular flexibility index (Phi) is 4.31. The normalized spacial score (nSPS) is 22.3. The molecule has 1 aliphatic rings. The number of nitro benzene ring substituents is 1. The molecule has 1 heterocycles. The SMILES string of the molecule is COCCN1C(=O)CC(N)C1c1ccccc1[N+](=O)[O-]. The lowest BCUT2D eigenvalue weighted by Gasteiger charge is -2.26. The summed E-state index contributed by atoms with van der Waals surface area (Å²) in [6.07, 6.45) is 0.195. The number of hydrogen-bond acceptors (Lipinski definition) is 5. The van der Waals surface area contributed by atoms with E-state index in [4.69, 9.17) is 10.5 Å². The molecule has 1 saturated heterocycles. The molecule has 1 fully saturated rings. The Morgan fingerprint density at radius 3 is 2.85 bits per heavy atom. The Morgan fingerprint density at radius 1 is 1.50 bits per heavy atom. The minimum Gasteiger partial charge on any atom is -0.383 e. The number of ether oxygens (including phenoxy) is 1. The molecule has 7 nitrogen and oxygen atoms in total. The van der Waals surface area contributed by atoms with Crippen LogP contribution in [-0.2, 0) is 9.53 Å². The summed E-state index contributed by atoms with van der Waals surface area (Å²) < 4.78 is 4.98. The van der Waals surface area contributed by atoms with Gasteiger partial charge in [0.1, 0.15) is 0 Å². The molecule has 2 atom stereocenters. The molecule has 1 aliphatic heterocycles. The van der Waals surface area contributed by atoms with E-state index in [0.29, 0.717) is 18.7 Å². The van der Waals surface area contributed by atoms with Crippen LogP contribution >= 0.6 is 0 Å². The minimum atomic E-state index is -0.473. The first-order valence-corrected chi connectivity index (χ1v) is 6.33. The molecule has 2 unspecified atom stereocenters. The van der Waals surface area contributed by atoms with Crippen molar-refractivity contribution in [2.45, 2.75) is 18.5 Å². The summed E-state index contributed by atoms with van der Waals surface area (Å²) in [5, 5.41) is 11.1. The van der Waals surface area contributed by atoms with Crippen molar-refractivity contribution < 1.29 is 14.5 Å². The molecule has 0 saturated carbocycles. The number of carbonyl (C=O) groups is 1. The van der Waals surface area contributed by atoms with Gasteiger partial charge in [-0.1, -0.05) is 18.2 Å². The third-order valence-electron chi connectivity index (χ3n) is 3.46. The van der Waals surface area contributed by atoms with E-state index in [1.165, 1.54) is 6.07 Å². The lowest BCUT2D eigenvalue weighted by Crippen LogP contribution is -2.35. The number of carbonyl (C=O) groups excluding carboxylic acids is 1. The van der Waals surface area contributed by atoms with Crippen molar-refractivity contribution in [3.05, 3.63) is 39.9 Å². The van der Waals surface area contributed by atoms with Crippen LogP contribution in [0.2, 0.25) is 0 Å². The molecule has 0 radical (unpaired) electrons. The van der Waals surface area contributed by atoms with Gasteiger partial charge in [-0.15, -0.1) is 0 Å². The highest BCUT2D eigenvalue weighted by atomic mass is 16.6. The Labute approximate surface area is 116 Å². The van der Waals surface area contributed by atoms with E-state index in [-0.39, 0.29) is 18.0 Å². The highest BCUT2D eigenvalue weighted by Gasteiger charge is 2.41. The monoisotopic (exact) mass is 279 g/mol. The molecular weight excluding hydrogens is 262 g/mol. The molecular formula is C13H17N3O4. The first-order chi connectivity index (χ1) is 9.56. The summed E-state index contributed by atoms with van der Waals surface area (Å²) >= 11 is 0. The summed E-state index contributed by atoms with van der Waals surface area (Å²) in [7, 11) is 1.54. The van der Waals surface area contributed by atoms with Gasteiger partial charge in [-0.25, -0.2) is 0 Å². The van der Waals surface area contributed by atoms with Crippen LogP contribution in [0.4, 0.5) is 5.69 Å². The minimum absolute atomic E-state index is 0.00920. The third kappa shape index (κ3) is 2.63. The first kappa shape index (κ1) is 14.4. The summed E-state index contributed by atoms with van der Waals surface area (Å²) in [5.74, 6) is -0.0994. The third-order valence-corrected chi connectivity index (χ3v) is 3.46. The molecule has 0 aliphatic carbocycles. The van der Waals surface area contributed by atoms with Crippen molar-refractivity contribution in [1.29, 1.82) is 0 Å². The van der Waals surface area contributed by atoms with E-state index < -0.39 is 17.0 Å². The van der Waals surface area contributed by atoms with Crippen LogP contribution < -0.4 is 5.73 Å². The van der Waals surface area contributed by atoms with Gasteiger partial charge < -0.3 is 15.4 Å². The van der Waals surface area contributed by atoms with Crippen molar-refractivity contribution in [3.8, 4) is 0 Å². The zero-order valence-electron chi connectivity index (χ0n) is 11.2. The average molecular weight is 279 g/mol. The van der Waals surface area contributed by atoms with E-state index in [1.54, 1.807) is 30.2 Å².